The maximum absolute atomic E-state index is 12.8. The maximum Gasteiger partial charge on any atom is 0.253 e. The highest BCUT2D eigenvalue weighted by Gasteiger charge is 2.28. The molecule has 0 unspecified atom stereocenters. The number of nitrogens with two attached hydrogens (primary N) is 1. The summed E-state index contributed by atoms with van der Waals surface area (Å²) in [6.45, 7) is 2.31. The fourth-order valence-electron chi connectivity index (χ4n) is 3.14. The smallest absolute Gasteiger partial charge is 0.253 e. The van der Waals surface area contributed by atoms with E-state index in [1.807, 2.05) is 43.3 Å². The average molecular weight is 362 g/mol. The Morgan fingerprint density at radius 1 is 1.26 bits per heavy atom. The summed E-state index contributed by atoms with van der Waals surface area (Å²) in [7, 11) is 1.77. The molecule has 0 atom stereocenters. The Morgan fingerprint density at radius 3 is 2.81 bits per heavy atom. The zero-order chi connectivity index (χ0) is 19.0. The number of nitrogen functional groups attached to an aromatic ring is 1. The highest BCUT2D eigenvalue weighted by molar-refractivity contribution is 5.95. The number of anilines is 1. The SMILES string of the molecule is Cc1ccc(-c2cccc(C(=O)N(C)Cc3cc(C4CC4)on3)c2)c(N)n1. The summed E-state index contributed by atoms with van der Waals surface area (Å²) in [6, 6.07) is 13.2. The van der Waals surface area contributed by atoms with Crippen molar-refractivity contribution in [2.24, 2.45) is 0 Å². The highest BCUT2D eigenvalue weighted by Crippen LogP contribution is 2.40. The van der Waals surface area contributed by atoms with Crippen LogP contribution in [0.5, 0.6) is 0 Å². The lowest BCUT2D eigenvalue weighted by molar-refractivity contribution is 0.0782. The highest BCUT2D eigenvalue weighted by atomic mass is 16.5. The molecule has 27 heavy (non-hydrogen) atoms. The third-order valence-electron chi connectivity index (χ3n) is 4.79. The molecule has 1 aliphatic carbocycles. The minimum absolute atomic E-state index is 0.0773. The molecule has 0 bridgehead atoms. The molecule has 4 rings (SSSR count). The summed E-state index contributed by atoms with van der Waals surface area (Å²) in [6.07, 6.45) is 2.32. The fourth-order valence-corrected chi connectivity index (χ4v) is 3.14. The van der Waals surface area contributed by atoms with Crippen molar-refractivity contribution in [3.8, 4) is 11.1 Å². The molecule has 2 N–H and O–H groups in total. The summed E-state index contributed by atoms with van der Waals surface area (Å²) < 4.78 is 5.37. The van der Waals surface area contributed by atoms with Gasteiger partial charge in [0.05, 0.1) is 6.54 Å². The average Bonchev–Trinajstić information content (AvgIpc) is 3.41. The number of pyridine rings is 1. The van der Waals surface area contributed by atoms with Crippen molar-refractivity contribution in [2.45, 2.75) is 32.2 Å². The predicted molar refractivity (Wildman–Crippen MR) is 103 cm³/mol. The number of nitrogens with zero attached hydrogens (tertiary/aromatic N) is 3. The molecule has 1 amide bonds. The van der Waals surface area contributed by atoms with E-state index in [-0.39, 0.29) is 5.91 Å². The van der Waals surface area contributed by atoms with Crippen molar-refractivity contribution in [3.63, 3.8) is 0 Å². The number of benzene rings is 1. The van der Waals surface area contributed by atoms with E-state index in [9.17, 15) is 4.79 Å². The van der Waals surface area contributed by atoms with Crippen LogP contribution < -0.4 is 5.73 Å². The van der Waals surface area contributed by atoms with Crippen molar-refractivity contribution in [1.82, 2.24) is 15.0 Å². The van der Waals surface area contributed by atoms with Crippen LogP contribution in [0.25, 0.3) is 11.1 Å². The zero-order valence-electron chi connectivity index (χ0n) is 15.5. The molecule has 0 saturated heterocycles. The van der Waals surface area contributed by atoms with Crippen LogP contribution in [-0.2, 0) is 6.54 Å². The van der Waals surface area contributed by atoms with Gasteiger partial charge in [-0.25, -0.2) is 4.98 Å². The molecule has 0 spiro atoms. The lowest BCUT2D eigenvalue weighted by Gasteiger charge is -2.16. The molecule has 6 heteroatoms. The summed E-state index contributed by atoms with van der Waals surface area (Å²) in [5.74, 6) is 1.82. The molecule has 0 radical (unpaired) electrons. The van der Waals surface area contributed by atoms with E-state index >= 15 is 0 Å². The van der Waals surface area contributed by atoms with Gasteiger partial charge in [0, 0.05) is 35.9 Å². The Bertz CT molecular complexity index is 991. The van der Waals surface area contributed by atoms with Crippen LogP contribution in [0.2, 0.25) is 0 Å². The molecule has 2 aromatic heterocycles. The first-order chi connectivity index (χ1) is 13.0. The number of aryl methyl sites for hydroxylation is 1. The Labute approximate surface area is 158 Å². The van der Waals surface area contributed by atoms with Gasteiger partial charge in [-0.15, -0.1) is 0 Å². The van der Waals surface area contributed by atoms with Crippen molar-refractivity contribution in [3.05, 3.63) is 65.2 Å². The van der Waals surface area contributed by atoms with E-state index in [0.717, 1.165) is 41.1 Å². The van der Waals surface area contributed by atoms with Gasteiger partial charge >= 0.3 is 0 Å². The Morgan fingerprint density at radius 2 is 2.07 bits per heavy atom. The third kappa shape index (κ3) is 3.69. The van der Waals surface area contributed by atoms with Gasteiger partial charge in [-0.1, -0.05) is 17.3 Å². The summed E-state index contributed by atoms with van der Waals surface area (Å²) in [5, 5.41) is 4.08. The van der Waals surface area contributed by atoms with E-state index in [1.54, 1.807) is 18.0 Å². The minimum atomic E-state index is -0.0773. The van der Waals surface area contributed by atoms with Crippen molar-refractivity contribution < 1.29 is 9.32 Å². The van der Waals surface area contributed by atoms with Crippen molar-refractivity contribution in [1.29, 1.82) is 0 Å². The fraction of sp³-hybridized carbons (Fsp3) is 0.286. The molecular formula is C21H22N4O2. The third-order valence-corrected chi connectivity index (χ3v) is 4.79. The zero-order valence-corrected chi connectivity index (χ0v) is 15.5. The van der Waals surface area contributed by atoms with E-state index in [1.165, 1.54) is 0 Å². The van der Waals surface area contributed by atoms with E-state index in [4.69, 9.17) is 10.3 Å². The number of rotatable bonds is 5. The monoisotopic (exact) mass is 362 g/mol. The normalized spacial score (nSPS) is 13.6. The van der Waals surface area contributed by atoms with Gasteiger partial charge in [-0.2, -0.15) is 0 Å². The molecule has 0 aliphatic heterocycles. The van der Waals surface area contributed by atoms with Gasteiger partial charge in [-0.05, 0) is 49.6 Å². The molecule has 3 aromatic rings. The van der Waals surface area contributed by atoms with Gasteiger partial charge in [0.1, 0.15) is 17.3 Å². The van der Waals surface area contributed by atoms with Gasteiger partial charge in [-0.3, -0.25) is 4.79 Å². The van der Waals surface area contributed by atoms with Gasteiger partial charge in [0.15, 0.2) is 0 Å². The number of hydrogen-bond acceptors (Lipinski definition) is 5. The van der Waals surface area contributed by atoms with Gasteiger partial charge < -0.3 is 15.2 Å². The largest absolute Gasteiger partial charge is 0.383 e. The van der Waals surface area contributed by atoms with Crippen LogP contribution in [0, 0.1) is 6.92 Å². The quantitative estimate of drug-likeness (QED) is 0.746. The van der Waals surface area contributed by atoms with Crippen LogP contribution in [0.3, 0.4) is 0 Å². The molecule has 2 heterocycles. The first-order valence-corrected chi connectivity index (χ1v) is 9.06. The topological polar surface area (TPSA) is 85.2 Å². The van der Waals surface area contributed by atoms with Crippen LogP contribution in [-0.4, -0.2) is 28.0 Å². The lowest BCUT2D eigenvalue weighted by Crippen LogP contribution is -2.26. The number of carbonyl (C=O) groups is 1. The summed E-state index contributed by atoms with van der Waals surface area (Å²) in [4.78, 5) is 18.8. The first kappa shape index (κ1) is 17.3. The van der Waals surface area contributed by atoms with Crippen LogP contribution in [0.4, 0.5) is 5.82 Å². The number of hydrogen-bond donors (Lipinski definition) is 1. The maximum atomic E-state index is 12.8. The predicted octanol–water partition coefficient (Wildman–Crippen LogP) is 3.78. The Balaban J connectivity index is 1.52. The van der Waals surface area contributed by atoms with Crippen molar-refractivity contribution in [2.75, 3.05) is 12.8 Å². The molecule has 1 saturated carbocycles. The van der Waals surface area contributed by atoms with Crippen LogP contribution in [0.1, 0.15) is 46.3 Å². The molecule has 138 valence electrons. The van der Waals surface area contributed by atoms with Gasteiger partial charge in [0.2, 0.25) is 0 Å². The van der Waals surface area contributed by atoms with E-state index in [0.29, 0.717) is 23.8 Å². The summed E-state index contributed by atoms with van der Waals surface area (Å²) in [5.41, 5.74) is 9.98. The second-order valence-corrected chi connectivity index (χ2v) is 7.12. The molecular weight excluding hydrogens is 340 g/mol. The molecule has 1 aromatic carbocycles. The standard InChI is InChI=1S/C21H22N4O2/c1-13-6-9-18(20(22)23-13)15-4-3-5-16(10-15)21(26)25(2)12-17-11-19(27-24-17)14-7-8-14/h3-6,9-11,14H,7-8,12H2,1-2H3,(H2,22,23). The molecule has 1 fully saturated rings. The molecule has 1 aliphatic rings. The Kier molecular flexibility index (Phi) is 4.39. The minimum Gasteiger partial charge on any atom is -0.383 e. The number of aromatic nitrogens is 2. The van der Waals surface area contributed by atoms with Crippen LogP contribution in [0.15, 0.2) is 47.0 Å². The Hall–Kier alpha value is -3.15. The summed E-state index contributed by atoms with van der Waals surface area (Å²) >= 11 is 0. The van der Waals surface area contributed by atoms with Crippen molar-refractivity contribution >= 4 is 11.7 Å². The number of carbonyl (C=O) groups excluding carboxylic acids is 1. The second kappa shape index (κ2) is 6.87. The molecule has 6 nitrogen and oxygen atoms in total. The number of amides is 1. The second-order valence-electron chi connectivity index (χ2n) is 7.12. The van der Waals surface area contributed by atoms with E-state index in [2.05, 4.69) is 10.1 Å². The first-order valence-electron chi connectivity index (χ1n) is 9.06. The van der Waals surface area contributed by atoms with Crippen LogP contribution >= 0.6 is 0 Å². The lowest BCUT2D eigenvalue weighted by atomic mass is 10.0. The van der Waals surface area contributed by atoms with Gasteiger partial charge in [0.25, 0.3) is 5.91 Å². The van der Waals surface area contributed by atoms with E-state index < -0.39 is 0 Å².